The second-order valence-electron chi connectivity index (χ2n) is 6.35. The van der Waals surface area contributed by atoms with Gasteiger partial charge in [0.2, 0.25) is 0 Å². The van der Waals surface area contributed by atoms with Crippen molar-refractivity contribution < 1.29 is 9.90 Å². The summed E-state index contributed by atoms with van der Waals surface area (Å²) in [6.07, 6.45) is 5.34. The molecular formula is C16H24N4O2. The molecule has 1 saturated heterocycles. The second kappa shape index (κ2) is 6.30. The summed E-state index contributed by atoms with van der Waals surface area (Å²) in [6, 6.07) is 1.69. The molecule has 1 amide bonds. The molecule has 3 rings (SSSR count). The van der Waals surface area contributed by atoms with Gasteiger partial charge < -0.3 is 10.0 Å². The van der Waals surface area contributed by atoms with Crippen LogP contribution in [0.3, 0.4) is 0 Å². The van der Waals surface area contributed by atoms with Gasteiger partial charge in [0.15, 0.2) is 0 Å². The number of rotatable bonds is 3. The first-order valence-corrected chi connectivity index (χ1v) is 8.07. The van der Waals surface area contributed by atoms with Crippen LogP contribution >= 0.6 is 0 Å². The molecule has 1 aromatic heterocycles. The zero-order valence-electron chi connectivity index (χ0n) is 13.3. The predicted octanol–water partition coefficient (Wildman–Crippen LogP) is 0.845. The Bertz CT molecular complexity index is 545. The third kappa shape index (κ3) is 2.85. The first kappa shape index (κ1) is 15.4. The molecule has 1 N–H and O–H groups in total. The van der Waals surface area contributed by atoms with E-state index in [-0.39, 0.29) is 18.0 Å². The summed E-state index contributed by atoms with van der Waals surface area (Å²) in [5, 5.41) is 10.7. The van der Waals surface area contributed by atoms with E-state index in [1.807, 2.05) is 0 Å². The van der Waals surface area contributed by atoms with E-state index in [0.29, 0.717) is 11.5 Å². The molecule has 1 aliphatic carbocycles. The highest BCUT2D eigenvalue weighted by atomic mass is 16.3. The monoisotopic (exact) mass is 304 g/mol. The Morgan fingerprint density at radius 1 is 1.36 bits per heavy atom. The van der Waals surface area contributed by atoms with Crippen LogP contribution < -0.4 is 0 Å². The van der Waals surface area contributed by atoms with Crippen LogP contribution in [-0.4, -0.2) is 69.1 Å². The summed E-state index contributed by atoms with van der Waals surface area (Å²) in [7, 11) is 1.76. The number of likely N-dealkylation sites (N-methyl/N-ethyl adjacent to an activating group) is 1. The molecule has 0 spiro atoms. The summed E-state index contributed by atoms with van der Waals surface area (Å²) >= 11 is 0. The van der Waals surface area contributed by atoms with Gasteiger partial charge in [0.25, 0.3) is 5.91 Å². The Kier molecular flexibility index (Phi) is 4.40. The number of carbonyl (C=O) groups is 1. The maximum atomic E-state index is 12.6. The van der Waals surface area contributed by atoms with Crippen molar-refractivity contribution in [2.45, 2.75) is 50.8 Å². The Balaban J connectivity index is 1.69. The molecule has 22 heavy (non-hydrogen) atoms. The Hall–Kier alpha value is -1.53. The fraction of sp³-hybridized carbons (Fsp3) is 0.688. The van der Waals surface area contributed by atoms with Gasteiger partial charge in [-0.15, -0.1) is 0 Å². The van der Waals surface area contributed by atoms with Crippen molar-refractivity contribution in [2.75, 3.05) is 20.1 Å². The molecule has 2 heterocycles. The molecule has 2 fully saturated rings. The molecule has 3 atom stereocenters. The fourth-order valence-corrected chi connectivity index (χ4v) is 3.74. The lowest BCUT2D eigenvalue weighted by Gasteiger charge is -2.31. The first-order chi connectivity index (χ1) is 10.6. The Labute approximate surface area is 131 Å². The van der Waals surface area contributed by atoms with Gasteiger partial charge in [0, 0.05) is 19.3 Å². The summed E-state index contributed by atoms with van der Waals surface area (Å²) in [4.78, 5) is 24.8. The molecular weight excluding hydrogens is 280 g/mol. The lowest BCUT2D eigenvalue weighted by atomic mass is 10.1. The quantitative estimate of drug-likeness (QED) is 0.896. The van der Waals surface area contributed by atoms with Crippen LogP contribution in [0.15, 0.2) is 12.3 Å². The maximum absolute atomic E-state index is 12.6. The molecule has 1 aliphatic heterocycles. The molecule has 120 valence electrons. The van der Waals surface area contributed by atoms with Gasteiger partial charge in [-0.1, -0.05) is 0 Å². The van der Waals surface area contributed by atoms with Crippen LogP contribution in [0.25, 0.3) is 0 Å². The van der Waals surface area contributed by atoms with Gasteiger partial charge in [-0.25, -0.2) is 9.97 Å². The zero-order valence-corrected chi connectivity index (χ0v) is 13.3. The molecule has 1 saturated carbocycles. The van der Waals surface area contributed by atoms with Crippen molar-refractivity contribution in [3.05, 3.63) is 23.8 Å². The number of hydrogen-bond acceptors (Lipinski definition) is 5. The van der Waals surface area contributed by atoms with Crippen molar-refractivity contribution in [1.29, 1.82) is 0 Å². The van der Waals surface area contributed by atoms with E-state index in [1.54, 1.807) is 31.1 Å². The summed E-state index contributed by atoms with van der Waals surface area (Å²) in [6.45, 7) is 3.90. The van der Waals surface area contributed by atoms with Gasteiger partial charge >= 0.3 is 0 Å². The van der Waals surface area contributed by atoms with Crippen molar-refractivity contribution in [3.63, 3.8) is 0 Å². The summed E-state index contributed by atoms with van der Waals surface area (Å²) in [5.74, 6) is 0.442. The number of aryl methyl sites for hydroxylation is 1. The smallest absolute Gasteiger partial charge is 0.272 e. The van der Waals surface area contributed by atoms with Crippen LogP contribution in [0.5, 0.6) is 0 Å². The van der Waals surface area contributed by atoms with E-state index in [9.17, 15) is 9.90 Å². The molecule has 6 nitrogen and oxygen atoms in total. The second-order valence-corrected chi connectivity index (χ2v) is 6.35. The van der Waals surface area contributed by atoms with E-state index in [0.717, 1.165) is 25.9 Å². The standard InChI is InChI=1S/C16H24N4O2/c1-11-17-8-7-12(18-11)16(22)19(2)13-5-6-14(15(13)21)20-9-3-4-10-20/h7-8,13-15,21H,3-6,9-10H2,1-2H3/t13-,14-,15-/m1/s1. The topological polar surface area (TPSA) is 69.6 Å². The third-order valence-electron chi connectivity index (χ3n) is 4.97. The number of aliphatic hydroxyl groups is 1. The minimum absolute atomic E-state index is 0.131. The van der Waals surface area contributed by atoms with Crippen molar-refractivity contribution >= 4 is 5.91 Å². The average molecular weight is 304 g/mol. The van der Waals surface area contributed by atoms with E-state index < -0.39 is 6.10 Å². The van der Waals surface area contributed by atoms with Crippen LogP contribution in [0.1, 0.15) is 42.0 Å². The molecule has 0 radical (unpaired) electrons. The van der Waals surface area contributed by atoms with Crippen LogP contribution in [0, 0.1) is 6.92 Å². The average Bonchev–Trinajstić information content (AvgIpc) is 3.15. The molecule has 1 aromatic rings. The first-order valence-electron chi connectivity index (χ1n) is 8.07. The van der Waals surface area contributed by atoms with Crippen molar-refractivity contribution in [2.24, 2.45) is 0 Å². The lowest BCUT2D eigenvalue weighted by molar-refractivity contribution is 0.0293. The van der Waals surface area contributed by atoms with Crippen molar-refractivity contribution in [1.82, 2.24) is 19.8 Å². The molecule has 0 bridgehead atoms. The van der Waals surface area contributed by atoms with Gasteiger partial charge in [-0.2, -0.15) is 0 Å². The minimum atomic E-state index is -0.477. The van der Waals surface area contributed by atoms with Gasteiger partial charge in [-0.3, -0.25) is 9.69 Å². The molecule has 2 aliphatic rings. The van der Waals surface area contributed by atoms with E-state index in [2.05, 4.69) is 14.9 Å². The van der Waals surface area contributed by atoms with Crippen LogP contribution in [-0.2, 0) is 0 Å². The Morgan fingerprint density at radius 2 is 2.09 bits per heavy atom. The van der Waals surface area contributed by atoms with Crippen molar-refractivity contribution in [3.8, 4) is 0 Å². The van der Waals surface area contributed by atoms with E-state index in [1.165, 1.54) is 12.8 Å². The normalized spacial score (nSPS) is 29.0. The lowest BCUT2D eigenvalue weighted by Crippen LogP contribution is -2.48. The zero-order chi connectivity index (χ0) is 15.7. The number of likely N-dealkylation sites (tertiary alicyclic amines) is 1. The Morgan fingerprint density at radius 3 is 2.77 bits per heavy atom. The van der Waals surface area contributed by atoms with Gasteiger partial charge in [0.1, 0.15) is 11.5 Å². The fourth-order valence-electron chi connectivity index (χ4n) is 3.74. The number of aliphatic hydroxyl groups excluding tert-OH is 1. The highest BCUT2D eigenvalue weighted by Crippen LogP contribution is 2.30. The molecule has 0 aromatic carbocycles. The third-order valence-corrected chi connectivity index (χ3v) is 4.97. The highest BCUT2D eigenvalue weighted by Gasteiger charge is 2.42. The van der Waals surface area contributed by atoms with E-state index in [4.69, 9.17) is 0 Å². The highest BCUT2D eigenvalue weighted by molar-refractivity contribution is 5.92. The SMILES string of the molecule is Cc1nccc(C(=O)N(C)[C@@H]2CC[C@@H](N3CCCC3)[C@@H]2O)n1. The summed E-state index contributed by atoms with van der Waals surface area (Å²) < 4.78 is 0. The number of aromatic nitrogens is 2. The predicted molar refractivity (Wildman–Crippen MR) is 82.5 cm³/mol. The largest absolute Gasteiger partial charge is 0.389 e. The summed E-state index contributed by atoms with van der Waals surface area (Å²) in [5.41, 5.74) is 0.395. The van der Waals surface area contributed by atoms with Gasteiger partial charge in [-0.05, 0) is 51.8 Å². The van der Waals surface area contributed by atoms with Gasteiger partial charge in [0.05, 0.1) is 12.1 Å². The number of amides is 1. The number of nitrogens with zero attached hydrogens (tertiary/aromatic N) is 4. The number of carbonyl (C=O) groups excluding carboxylic acids is 1. The molecule has 6 heteroatoms. The van der Waals surface area contributed by atoms with Crippen LogP contribution in [0.4, 0.5) is 0 Å². The van der Waals surface area contributed by atoms with Crippen LogP contribution in [0.2, 0.25) is 0 Å². The number of hydrogen-bond donors (Lipinski definition) is 1. The minimum Gasteiger partial charge on any atom is -0.389 e. The molecule has 0 unspecified atom stereocenters. The van der Waals surface area contributed by atoms with E-state index >= 15 is 0 Å². The maximum Gasteiger partial charge on any atom is 0.272 e.